The third kappa shape index (κ3) is 3.09. The van der Waals surface area contributed by atoms with Crippen molar-refractivity contribution in [2.75, 3.05) is 19.0 Å². The van der Waals surface area contributed by atoms with Gasteiger partial charge in [-0.3, -0.25) is 0 Å². The molecule has 2 heterocycles. The number of rotatable bonds is 4. The molecule has 3 unspecified atom stereocenters. The maximum absolute atomic E-state index is 12.8. The first-order valence-corrected chi connectivity index (χ1v) is 9.28. The number of piperidine rings is 1. The van der Waals surface area contributed by atoms with E-state index < -0.39 is 10.2 Å². The number of nitrogens with zero attached hydrogens (tertiary/aromatic N) is 2. The Labute approximate surface area is 122 Å². The normalized spacial score (nSPS) is 34.8. The molecule has 0 bridgehead atoms. The third-order valence-corrected chi connectivity index (χ3v) is 7.09. The van der Waals surface area contributed by atoms with Crippen molar-refractivity contribution >= 4 is 21.8 Å². The molecule has 4 nitrogen and oxygen atoms in total. The fourth-order valence-corrected chi connectivity index (χ4v) is 5.81. The fraction of sp³-hybridized carbons (Fsp3) is 1.00. The standard InChI is InChI=1S/C13H25ClN2O2S/c1-3-13-7-6-11(2)16(13)19(17,18)15-8-4-5-12(9-14)10-15/h11-13H,3-10H2,1-2H3. The number of alkyl halides is 1. The van der Waals surface area contributed by atoms with E-state index in [1.54, 1.807) is 8.61 Å². The van der Waals surface area contributed by atoms with E-state index >= 15 is 0 Å². The quantitative estimate of drug-likeness (QED) is 0.749. The molecule has 0 N–H and O–H groups in total. The first-order chi connectivity index (χ1) is 9.00. The predicted octanol–water partition coefficient (Wildman–Crippen LogP) is 2.44. The first-order valence-electron chi connectivity index (χ1n) is 7.35. The van der Waals surface area contributed by atoms with Crippen LogP contribution >= 0.6 is 11.6 Å². The van der Waals surface area contributed by atoms with Gasteiger partial charge in [-0.05, 0) is 44.9 Å². The van der Waals surface area contributed by atoms with Crippen molar-refractivity contribution < 1.29 is 8.42 Å². The van der Waals surface area contributed by atoms with Crippen molar-refractivity contribution in [2.24, 2.45) is 5.92 Å². The van der Waals surface area contributed by atoms with Gasteiger partial charge in [0, 0.05) is 31.1 Å². The van der Waals surface area contributed by atoms with Crippen LogP contribution in [-0.4, -0.2) is 48.1 Å². The Balaban J connectivity index is 2.16. The molecule has 3 atom stereocenters. The Hall–Kier alpha value is 0.160. The van der Waals surface area contributed by atoms with E-state index in [9.17, 15) is 8.42 Å². The number of hydrogen-bond donors (Lipinski definition) is 0. The summed E-state index contributed by atoms with van der Waals surface area (Å²) < 4.78 is 29.1. The molecule has 0 aromatic heterocycles. The Morgan fingerprint density at radius 1 is 1.26 bits per heavy atom. The van der Waals surface area contributed by atoms with Crippen molar-refractivity contribution in [3.8, 4) is 0 Å². The average Bonchev–Trinajstić information content (AvgIpc) is 2.80. The van der Waals surface area contributed by atoms with Gasteiger partial charge in [-0.1, -0.05) is 6.92 Å². The highest BCUT2D eigenvalue weighted by molar-refractivity contribution is 7.86. The van der Waals surface area contributed by atoms with Gasteiger partial charge in [-0.15, -0.1) is 11.6 Å². The molecule has 0 spiro atoms. The maximum Gasteiger partial charge on any atom is 0.282 e. The van der Waals surface area contributed by atoms with Crippen LogP contribution in [0.4, 0.5) is 0 Å². The summed E-state index contributed by atoms with van der Waals surface area (Å²) in [5.74, 6) is 0.863. The molecule has 0 aromatic rings. The van der Waals surface area contributed by atoms with Crippen LogP contribution < -0.4 is 0 Å². The van der Waals surface area contributed by atoms with E-state index in [4.69, 9.17) is 11.6 Å². The molecule has 2 aliphatic rings. The highest BCUT2D eigenvalue weighted by Gasteiger charge is 2.42. The zero-order chi connectivity index (χ0) is 14.0. The second kappa shape index (κ2) is 6.29. The second-order valence-corrected chi connectivity index (χ2v) is 7.99. The minimum absolute atomic E-state index is 0.131. The molecular weight excluding hydrogens is 284 g/mol. The number of halogens is 1. The molecule has 0 amide bonds. The largest absolute Gasteiger partial charge is 0.282 e. The van der Waals surface area contributed by atoms with Crippen LogP contribution in [0.5, 0.6) is 0 Å². The molecule has 19 heavy (non-hydrogen) atoms. The van der Waals surface area contributed by atoms with Gasteiger partial charge < -0.3 is 0 Å². The van der Waals surface area contributed by atoms with Crippen LogP contribution in [0.25, 0.3) is 0 Å². The Kier molecular flexibility index (Phi) is 5.15. The third-order valence-electron chi connectivity index (χ3n) is 4.48. The van der Waals surface area contributed by atoms with Crippen molar-refractivity contribution in [1.82, 2.24) is 8.61 Å². The van der Waals surface area contributed by atoms with E-state index in [2.05, 4.69) is 6.92 Å². The van der Waals surface area contributed by atoms with Crippen LogP contribution in [0.15, 0.2) is 0 Å². The molecule has 0 aromatic carbocycles. The first kappa shape index (κ1) is 15.5. The summed E-state index contributed by atoms with van der Waals surface area (Å²) in [4.78, 5) is 0. The summed E-state index contributed by atoms with van der Waals surface area (Å²) in [5, 5.41) is 0. The molecule has 112 valence electrons. The van der Waals surface area contributed by atoms with Crippen LogP contribution in [-0.2, 0) is 10.2 Å². The Bertz CT molecular complexity index is 401. The van der Waals surface area contributed by atoms with Crippen LogP contribution in [0.3, 0.4) is 0 Å². The Morgan fingerprint density at radius 2 is 2.00 bits per heavy atom. The van der Waals surface area contributed by atoms with E-state index in [0.717, 1.165) is 32.1 Å². The van der Waals surface area contributed by atoms with Gasteiger partial charge in [-0.25, -0.2) is 0 Å². The molecule has 2 saturated heterocycles. The highest BCUT2D eigenvalue weighted by atomic mass is 35.5. The molecule has 0 aliphatic carbocycles. The predicted molar refractivity (Wildman–Crippen MR) is 78.6 cm³/mol. The molecule has 2 aliphatic heterocycles. The fourth-order valence-electron chi connectivity index (χ4n) is 3.34. The lowest BCUT2D eigenvalue weighted by atomic mass is 10.0. The molecule has 2 rings (SSSR count). The summed E-state index contributed by atoms with van der Waals surface area (Å²) in [7, 11) is -3.31. The van der Waals surface area contributed by atoms with Crippen molar-refractivity contribution in [3.63, 3.8) is 0 Å². The van der Waals surface area contributed by atoms with Gasteiger partial charge in [0.15, 0.2) is 0 Å². The average molecular weight is 309 g/mol. The van der Waals surface area contributed by atoms with E-state index in [1.807, 2.05) is 6.92 Å². The van der Waals surface area contributed by atoms with Gasteiger partial charge in [0.1, 0.15) is 0 Å². The second-order valence-electron chi connectivity index (χ2n) is 5.85. The monoisotopic (exact) mass is 308 g/mol. The molecule has 6 heteroatoms. The lowest BCUT2D eigenvalue weighted by molar-refractivity contribution is 0.240. The summed E-state index contributed by atoms with van der Waals surface area (Å²) in [6.45, 7) is 5.33. The zero-order valence-corrected chi connectivity index (χ0v) is 13.5. The topological polar surface area (TPSA) is 40.6 Å². The summed E-state index contributed by atoms with van der Waals surface area (Å²) >= 11 is 5.90. The highest BCUT2D eigenvalue weighted by Crippen LogP contribution is 2.32. The maximum atomic E-state index is 12.8. The van der Waals surface area contributed by atoms with Crippen LogP contribution in [0.2, 0.25) is 0 Å². The molecule has 0 radical (unpaired) electrons. The minimum atomic E-state index is -3.31. The zero-order valence-electron chi connectivity index (χ0n) is 11.9. The lowest BCUT2D eigenvalue weighted by Gasteiger charge is -2.37. The van der Waals surface area contributed by atoms with Crippen LogP contribution in [0, 0.1) is 5.92 Å². The van der Waals surface area contributed by atoms with E-state index in [0.29, 0.717) is 24.9 Å². The van der Waals surface area contributed by atoms with Crippen molar-refractivity contribution in [2.45, 2.75) is 58.0 Å². The van der Waals surface area contributed by atoms with Crippen molar-refractivity contribution in [3.05, 3.63) is 0 Å². The molecule has 0 saturated carbocycles. The van der Waals surface area contributed by atoms with Gasteiger partial charge in [0.25, 0.3) is 10.2 Å². The molecule has 2 fully saturated rings. The molecular formula is C13H25ClN2O2S. The lowest BCUT2D eigenvalue weighted by Crippen LogP contribution is -2.51. The summed E-state index contributed by atoms with van der Waals surface area (Å²) in [5.41, 5.74) is 0. The summed E-state index contributed by atoms with van der Waals surface area (Å²) in [6, 6.07) is 0.308. The van der Waals surface area contributed by atoms with Gasteiger partial charge in [0.05, 0.1) is 0 Å². The van der Waals surface area contributed by atoms with Crippen LogP contribution in [0.1, 0.15) is 46.0 Å². The van der Waals surface area contributed by atoms with E-state index in [1.165, 1.54) is 0 Å². The van der Waals surface area contributed by atoms with Gasteiger partial charge in [0.2, 0.25) is 0 Å². The van der Waals surface area contributed by atoms with Gasteiger partial charge >= 0.3 is 0 Å². The van der Waals surface area contributed by atoms with Crippen molar-refractivity contribution in [1.29, 1.82) is 0 Å². The minimum Gasteiger partial charge on any atom is -0.195 e. The SMILES string of the molecule is CCC1CCC(C)N1S(=O)(=O)N1CCCC(CCl)C1. The smallest absolute Gasteiger partial charge is 0.195 e. The Morgan fingerprint density at radius 3 is 2.63 bits per heavy atom. The number of hydrogen-bond acceptors (Lipinski definition) is 2. The van der Waals surface area contributed by atoms with E-state index in [-0.39, 0.29) is 12.1 Å². The van der Waals surface area contributed by atoms with Gasteiger partial charge in [-0.2, -0.15) is 17.0 Å². The summed E-state index contributed by atoms with van der Waals surface area (Å²) in [6.07, 6.45) is 4.84.